The Morgan fingerprint density at radius 3 is 1.39 bits per heavy atom. The minimum atomic E-state index is -1.18. The van der Waals surface area contributed by atoms with E-state index in [-0.39, 0.29) is 69.1 Å². The van der Waals surface area contributed by atoms with E-state index in [0.717, 1.165) is 19.6 Å². The summed E-state index contributed by atoms with van der Waals surface area (Å²) < 4.78 is 28.0. The zero-order valence-corrected chi connectivity index (χ0v) is 47.9. The van der Waals surface area contributed by atoms with Crippen molar-refractivity contribution >= 4 is 36.5 Å². The van der Waals surface area contributed by atoms with Gasteiger partial charge in [-0.25, -0.2) is 0 Å². The van der Waals surface area contributed by atoms with Crippen LogP contribution in [0.15, 0.2) is 0 Å². The smallest absolute Gasteiger partial charge is 0.373 e. The molecule has 0 spiro atoms. The Kier molecular flexibility index (Phi) is 33.0. The van der Waals surface area contributed by atoms with Crippen molar-refractivity contribution in [3.8, 4) is 0 Å². The summed E-state index contributed by atoms with van der Waals surface area (Å²) in [7, 11) is 0. The molecule has 0 aliphatic carbocycles. The van der Waals surface area contributed by atoms with Crippen LogP contribution >= 0.6 is 0 Å². The standard InChI is InChI=1S/C32H62N4O7.C18H34N4O9.CO2/c1-29(2,3)24-35-15-14-33(20-27(38)42-30(4,5)6)12-13-34(21-28(39)43-31(7,8)9)16-18-36(19-17-35)25-22-40-32(10,11)41-23-26(25)37;23-11-15(16(26)12-24)22-7-5-20(10-18(29)30)2-1-19(9-17(27)28)3-4-21(6-8-22)13-31-14-25;2-1-3/h25-26,37H,12-24H2,1-11H3;14-16,23-24,26H,1-13H2,(H,27,28)(H,29,30);/t25?,26-;15?,16-;/m00./s1. The van der Waals surface area contributed by atoms with Gasteiger partial charge in [0.1, 0.15) is 17.9 Å². The number of hydrogen-bond donors (Lipinski definition) is 6. The predicted molar refractivity (Wildman–Crippen MR) is 280 cm³/mol. The van der Waals surface area contributed by atoms with Gasteiger partial charge in [-0.05, 0) is 60.8 Å². The van der Waals surface area contributed by atoms with E-state index < -0.39 is 60.4 Å². The van der Waals surface area contributed by atoms with E-state index in [2.05, 4.69) is 40.4 Å². The van der Waals surface area contributed by atoms with Crippen molar-refractivity contribution in [1.82, 2.24) is 39.2 Å². The highest BCUT2D eigenvalue weighted by Gasteiger charge is 2.36. The lowest BCUT2D eigenvalue weighted by Gasteiger charge is -2.39. The van der Waals surface area contributed by atoms with Gasteiger partial charge < -0.3 is 59.2 Å². The molecule has 3 fully saturated rings. The maximum Gasteiger partial charge on any atom is 0.373 e. The topological polar surface area (TPSA) is 313 Å². The Labute approximate surface area is 456 Å². The highest BCUT2D eigenvalue weighted by Crippen LogP contribution is 2.22. The van der Waals surface area contributed by atoms with Crippen LogP contribution in [0.3, 0.4) is 0 Å². The number of carboxylic acid groups (broad SMARTS) is 2. The first-order valence-corrected chi connectivity index (χ1v) is 26.4. The van der Waals surface area contributed by atoms with Crippen LogP contribution in [0.5, 0.6) is 0 Å². The molecule has 26 nitrogen and oxygen atoms in total. The van der Waals surface area contributed by atoms with E-state index in [1.807, 2.05) is 55.4 Å². The normalized spacial score (nSPS) is 22.6. The predicted octanol–water partition coefficient (Wildman–Crippen LogP) is -1.91. The van der Waals surface area contributed by atoms with Crippen molar-refractivity contribution in [2.24, 2.45) is 5.41 Å². The number of carbonyl (C=O) groups excluding carboxylic acids is 5. The molecule has 3 heterocycles. The molecule has 0 bridgehead atoms. The van der Waals surface area contributed by atoms with Gasteiger partial charge in [0.2, 0.25) is 0 Å². The van der Waals surface area contributed by atoms with Crippen LogP contribution < -0.4 is 0 Å². The minimum absolute atomic E-state index is 0.00423. The van der Waals surface area contributed by atoms with Crippen LogP contribution in [0.1, 0.15) is 76.2 Å². The second-order valence-electron chi connectivity index (χ2n) is 23.2. The molecule has 4 atom stereocenters. The van der Waals surface area contributed by atoms with Gasteiger partial charge >= 0.3 is 30.0 Å². The summed E-state index contributed by atoms with van der Waals surface area (Å²) in [6.45, 7) is 30.4. The Hall–Kier alpha value is -3.83. The van der Waals surface area contributed by atoms with Gasteiger partial charge in [-0.2, -0.15) is 9.59 Å². The molecule has 2 unspecified atom stereocenters. The molecule has 3 aliphatic heterocycles. The fraction of sp³-hybridized carbons (Fsp3) is 0.882. The van der Waals surface area contributed by atoms with Gasteiger partial charge in [0.05, 0.1) is 76.9 Å². The third-order valence-electron chi connectivity index (χ3n) is 12.4. The van der Waals surface area contributed by atoms with Crippen molar-refractivity contribution in [1.29, 1.82) is 0 Å². The van der Waals surface area contributed by atoms with Gasteiger partial charge in [0, 0.05) is 111 Å². The van der Waals surface area contributed by atoms with Crippen molar-refractivity contribution in [2.45, 2.75) is 117 Å². The van der Waals surface area contributed by atoms with E-state index in [9.17, 15) is 49.5 Å². The highest BCUT2D eigenvalue weighted by atomic mass is 16.7. The summed E-state index contributed by atoms with van der Waals surface area (Å²) in [5, 5.41) is 58.6. The zero-order valence-electron chi connectivity index (χ0n) is 47.9. The summed E-state index contributed by atoms with van der Waals surface area (Å²) >= 11 is 0. The molecule has 0 amide bonds. The Balaban J connectivity index is 0.000000768. The monoisotopic (exact) mass is 1110 g/mol. The molecule has 26 heteroatoms. The molecule has 77 heavy (non-hydrogen) atoms. The van der Waals surface area contributed by atoms with Gasteiger partial charge in [-0.3, -0.25) is 58.3 Å². The molecular weight excluding hydrogens is 1010 g/mol. The third-order valence-corrected chi connectivity index (χ3v) is 12.4. The van der Waals surface area contributed by atoms with Gasteiger partial charge in [-0.1, -0.05) is 20.8 Å². The lowest BCUT2D eigenvalue weighted by molar-refractivity contribution is -0.204. The molecular formula is C51H96N8O18. The first kappa shape index (κ1) is 71.2. The Morgan fingerprint density at radius 1 is 0.610 bits per heavy atom. The number of ether oxygens (including phenoxy) is 5. The number of nitrogens with zero attached hydrogens (tertiary/aromatic N) is 8. The molecule has 448 valence electrons. The van der Waals surface area contributed by atoms with Crippen LogP contribution in [0.4, 0.5) is 0 Å². The van der Waals surface area contributed by atoms with Crippen molar-refractivity contribution in [3.05, 3.63) is 0 Å². The minimum Gasteiger partial charge on any atom is -0.480 e. The largest absolute Gasteiger partial charge is 0.480 e. The van der Waals surface area contributed by atoms with E-state index in [0.29, 0.717) is 105 Å². The Morgan fingerprint density at radius 2 is 0.987 bits per heavy atom. The van der Waals surface area contributed by atoms with Crippen molar-refractivity contribution in [3.63, 3.8) is 0 Å². The fourth-order valence-corrected chi connectivity index (χ4v) is 8.78. The molecule has 0 aromatic carbocycles. The lowest BCUT2D eigenvalue weighted by Crippen LogP contribution is -2.54. The van der Waals surface area contributed by atoms with Crippen LogP contribution in [-0.2, 0) is 57.2 Å². The number of carboxylic acids is 2. The quantitative estimate of drug-likeness (QED) is 0.0526. The molecule has 0 saturated carbocycles. The summed E-state index contributed by atoms with van der Waals surface area (Å²) in [5.41, 5.74) is -1.05. The highest BCUT2D eigenvalue weighted by molar-refractivity contribution is 5.72. The SMILES string of the molecule is CC(C)(C)CN1CCN(CC(=O)OC(C)(C)C)CCN(CC(=O)OC(C)(C)C)CCN(C2COC(C)(C)OC[C@@H]2O)CC1.O=C=O.O=COCN1CCN(CC(=O)O)CCN(CC(=O)O)CCN(C(CO)[C@@H](O)CO)CC1. The molecule has 0 aromatic heterocycles. The Bertz CT molecular complexity index is 1760. The van der Waals surface area contributed by atoms with Gasteiger partial charge in [0.15, 0.2) is 5.79 Å². The number of aliphatic hydroxyl groups is 4. The number of esters is 2. The first-order valence-electron chi connectivity index (χ1n) is 26.4. The van der Waals surface area contributed by atoms with Crippen LogP contribution in [-0.4, -0.2) is 318 Å². The lowest BCUT2D eigenvalue weighted by atomic mass is 9.96. The second kappa shape index (κ2) is 35.7. The van der Waals surface area contributed by atoms with E-state index in [1.165, 1.54) is 0 Å². The number of aliphatic hydroxyl groups excluding tert-OH is 4. The van der Waals surface area contributed by atoms with Gasteiger partial charge in [-0.15, -0.1) is 0 Å². The molecule has 3 rings (SSSR count). The molecule has 6 N–H and O–H groups in total. The van der Waals surface area contributed by atoms with Crippen molar-refractivity contribution < 1.29 is 87.9 Å². The van der Waals surface area contributed by atoms with E-state index in [1.54, 1.807) is 19.6 Å². The maximum absolute atomic E-state index is 12.9. The number of rotatable bonds is 17. The average Bonchev–Trinajstić information content (AvgIpc) is 3.43. The number of aliphatic carboxylic acids is 2. The summed E-state index contributed by atoms with van der Waals surface area (Å²) in [4.78, 5) is 90.9. The van der Waals surface area contributed by atoms with Crippen LogP contribution in [0.25, 0.3) is 0 Å². The van der Waals surface area contributed by atoms with Crippen LogP contribution in [0, 0.1) is 5.41 Å². The van der Waals surface area contributed by atoms with E-state index in [4.69, 9.17) is 38.4 Å². The number of hydrogen-bond acceptors (Lipinski definition) is 24. The number of carbonyl (C=O) groups is 5. The maximum atomic E-state index is 12.9. The first-order chi connectivity index (χ1) is 35.8. The fourth-order valence-electron chi connectivity index (χ4n) is 8.78. The zero-order chi connectivity index (χ0) is 58.6. The summed E-state index contributed by atoms with van der Waals surface area (Å²) in [6.07, 6.45) is -1.63. The van der Waals surface area contributed by atoms with Crippen molar-refractivity contribution in [2.75, 3.05) is 171 Å². The second-order valence-corrected chi connectivity index (χ2v) is 23.2. The summed E-state index contributed by atoms with van der Waals surface area (Å²) in [6, 6.07) is -0.995. The van der Waals surface area contributed by atoms with Crippen LogP contribution in [0.2, 0.25) is 0 Å². The van der Waals surface area contributed by atoms with E-state index >= 15 is 0 Å². The van der Waals surface area contributed by atoms with Gasteiger partial charge in [0.25, 0.3) is 6.47 Å². The molecule has 0 radical (unpaired) electrons. The third kappa shape index (κ3) is 33.4. The summed E-state index contributed by atoms with van der Waals surface area (Å²) in [5.74, 6) is -3.31. The molecule has 3 aliphatic rings. The molecule has 0 aromatic rings. The molecule has 3 saturated heterocycles. The average molecular weight is 1110 g/mol.